The fourth-order valence-electron chi connectivity index (χ4n) is 2.89. The number of anilines is 1. The number of thiazole rings is 1. The Hall–Kier alpha value is -1.10. The van der Waals surface area contributed by atoms with E-state index in [4.69, 9.17) is 4.98 Å². The van der Waals surface area contributed by atoms with Crippen LogP contribution in [0.5, 0.6) is 0 Å². The van der Waals surface area contributed by atoms with E-state index in [-0.39, 0.29) is 6.04 Å². The van der Waals surface area contributed by atoms with Gasteiger partial charge in [-0.15, -0.1) is 11.3 Å². The SMILES string of the molecule is O=CN1CCCC1c1csc(N2CCCCC2)n1. The van der Waals surface area contributed by atoms with Crippen LogP contribution < -0.4 is 4.90 Å². The van der Waals surface area contributed by atoms with Crippen LogP contribution in [0.2, 0.25) is 0 Å². The molecular formula is C13H19N3OS. The number of piperidine rings is 1. The molecule has 0 aromatic carbocycles. The van der Waals surface area contributed by atoms with Crippen molar-refractivity contribution in [3.63, 3.8) is 0 Å². The molecule has 4 nitrogen and oxygen atoms in total. The predicted molar refractivity (Wildman–Crippen MR) is 72.9 cm³/mol. The van der Waals surface area contributed by atoms with Gasteiger partial charge in [0.15, 0.2) is 5.13 Å². The van der Waals surface area contributed by atoms with Gasteiger partial charge in [-0.3, -0.25) is 4.79 Å². The molecule has 0 bridgehead atoms. The van der Waals surface area contributed by atoms with E-state index in [9.17, 15) is 4.79 Å². The van der Waals surface area contributed by atoms with Crippen molar-refractivity contribution in [2.45, 2.75) is 38.1 Å². The summed E-state index contributed by atoms with van der Waals surface area (Å²) in [5.41, 5.74) is 1.09. The Labute approximate surface area is 112 Å². The van der Waals surface area contributed by atoms with Gasteiger partial charge in [-0.05, 0) is 32.1 Å². The monoisotopic (exact) mass is 265 g/mol. The number of carbonyl (C=O) groups is 1. The molecule has 2 fully saturated rings. The number of hydrogen-bond donors (Lipinski definition) is 0. The van der Waals surface area contributed by atoms with Crippen LogP contribution in [0.25, 0.3) is 0 Å². The van der Waals surface area contributed by atoms with E-state index in [1.165, 1.54) is 19.3 Å². The molecule has 3 rings (SSSR count). The molecule has 0 saturated carbocycles. The molecule has 98 valence electrons. The Morgan fingerprint density at radius 3 is 2.83 bits per heavy atom. The minimum atomic E-state index is 0.220. The van der Waals surface area contributed by atoms with Gasteiger partial charge in [-0.2, -0.15) is 0 Å². The quantitative estimate of drug-likeness (QED) is 0.788. The lowest BCUT2D eigenvalue weighted by Crippen LogP contribution is -2.29. The largest absolute Gasteiger partial charge is 0.348 e. The molecule has 0 aliphatic carbocycles. The molecule has 0 spiro atoms. The van der Waals surface area contributed by atoms with Gasteiger partial charge in [-0.1, -0.05) is 0 Å². The minimum Gasteiger partial charge on any atom is -0.348 e. The van der Waals surface area contributed by atoms with Crippen LogP contribution in [-0.2, 0) is 4.79 Å². The summed E-state index contributed by atoms with van der Waals surface area (Å²) >= 11 is 1.73. The molecule has 0 N–H and O–H groups in total. The van der Waals surface area contributed by atoms with Crippen molar-refractivity contribution in [1.29, 1.82) is 0 Å². The van der Waals surface area contributed by atoms with Crippen molar-refractivity contribution in [1.82, 2.24) is 9.88 Å². The van der Waals surface area contributed by atoms with Crippen LogP contribution in [0.1, 0.15) is 43.8 Å². The second-order valence-corrected chi connectivity index (χ2v) is 5.94. The lowest BCUT2D eigenvalue weighted by molar-refractivity contribution is -0.119. The summed E-state index contributed by atoms with van der Waals surface area (Å²) in [7, 11) is 0. The third-order valence-electron chi connectivity index (χ3n) is 3.91. The fraction of sp³-hybridized carbons (Fsp3) is 0.692. The third-order valence-corrected chi connectivity index (χ3v) is 4.83. The van der Waals surface area contributed by atoms with Gasteiger partial charge in [0.2, 0.25) is 6.41 Å². The van der Waals surface area contributed by atoms with Gasteiger partial charge in [0.25, 0.3) is 0 Å². The first kappa shape index (κ1) is 12.0. The van der Waals surface area contributed by atoms with E-state index in [1.54, 1.807) is 11.3 Å². The van der Waals surface area contributed by atoms with Crippen LogP contribution in [0.15, 0.2) is 5.38 Å². The van der Waals surface area contributed by atoms with Crippen molar-refractivity contribution in [2.24, 2.45) is 0 Å². The standard InChI is InChI=1S/C13H19N3OS/c17-10-16-8-4-5-12(16)11-9-18-13(14-11)15-6-2-1-3-7-15/h9-10,12H,1-8H2. The first-order valence-electron chi connectivity index (χ1n) is 6.80. The van der Waals surface area contributed by atoms with Crippen LogP contribution in [0, 0.1) is 0 Å². The number of aromatic nitrogens is 1. The Bertz CT molecular complexity index is 414. The van der Waals surface area contributed by atoms with Crippen molar-refractivity contribution < 1.29 is 4.79 Å². The van der Waals surface area contributed by atoms with Crippen molar-refractivity contribution in [3.8, 4) is 0 Å². The van der Waals surface area contributed by atoms with Crippen molar-refractivity contribution in [2.75, 3.05) is 24.5 Å². The van der Waals surface area contributed by atoms with E-state index in [1.807, 2.05) is 4.90 Å². The number of amides is 1. The van der Waals surface area contributed by atoms with E-state index in [0.717, 1.165) is 49.7 Å². The Morgan fingerprint density at radius 1 is 1.22 bits per heavy atom. The number of nitrogens with zero attached hydrogens (tertiary/aromatic N) is 3. The maximum Gasteiger partial charge on any atom is 0.210 e. The van der Waals surface area contributed by atoms with Crippen LogP contribution in [-0.4, -0.2) is 35.9 Å². The van der Waals surface area contributed by atoms with Crippen molar-refractivity contribution in [3.05, 3.63) is 11.1 Å². The molecule has 1 aromatic heterocycles. The zero-order valence-corrected chi connectivity index (χ0v) is 11.4. The molecular weight excluding hydrogens is 246 g/mol. The molecule has 1 atom stereocenters. The Kier molecular flexibility index (Phi) is 3.50. The number of hydrogen-bond acceptors (Lipinski definition) is 4. The first-order chi connectivity index (χ1) is 8.88. The third kappa shape index (κ3) is 2.23. The van der Waals surface area contributed by atoms with Gasteiger partial charge >= 0.3 is 0 Å². The first-order valence-corrected chi connectivity index (χ1v) is 7.68. The van der Waals surface area contributed by atoms with Crippen LogP contribution in [0.4, 0.5) is 5.13 Å². The smallest absolute Gasteiger partial charge is 0.210 e. The molecule has 5 heteroatoms. The number of carbonyl (C=O) groups excluding carboxylic acids is 1. The van der Waals surface area contributed by atoms with E-state index < -0.39 is 0 Å². The molecule has 2 aliphatic heterocycles. The highest BCUT2D eigenvalue weighted by Crippen LogP contribution is 2.34. The van der Waals surface area contributed by atoms with E-state index in [0.29, 0.717) is 0 Å². The summed E-state index contributed by atoms with van der Waals surface area (Å²) in [6.45, 7) is 3.15. The predicted octanol–water partition coefficient (Wildman–Crippen LogP) is 2.43. The van der Waals surface area contributed by atoms with Gasteiger partial charge in [0, 0.05) is 25.0 Å². The topological polar surface area (TPSA) is 36.4 Å². The summed E-state index contributed by atoms with van der Waals surface area (Å²) in [4.78, 5) is 20.0. The van der Waals surface area contributed by atoms with Gasteiger partial charge < -0.3 is 9.80 Å². The normalized spacial score (nSPS) is 24.6. The zero-order valence-electron chi connectivity index (χ0n) is 10.5. The summed E-state index contributed by atoms with van der Waals surface area (Å²) in [6.07, 6.45) is 7.02. The summed E-state index contributed by atoms with van der Waals surface area (Å²) < 4.78 is 0. The van der Waals surface area contributed by atoms with Gasteiger partial charge in [0.1, 0.15) is 0 Å². The fourth-order valence-corrected chi connectivity index (χ4v) is 3.82. The highest BCUT2D eigenvalue weighted by atomic mass is 32.1. The molecule has 2 aliphatic rings. The van der Waals surface area contributed by atoms with E-state index in [2.05, 4.69) is 10.3 Å². The lowest BCUT2D eigenvalue weighted by Gasteiger charge is -2.26. The highest BCUT2D eigenvalue weighted by Gasteiger charge is 2.27. The maximum absolute atomic E-state index is 11.0. The van der Waals surface area contributed by atoms with Crippen LogP contribution >= 0.6 is 11.3 Å². The zero-order chi connectivity index (χ0) is 12.4. The second-order valence-electron chi connectivity index (χ2n) is 5.10. The minimum absolute atomic E-state index is 0.220. The van der Waals surface area contributed by atoms with Crippen molar-refractivity contribution >= 4 is 22.9 Å². The molecule has 1 unspecified atom stereocenters. The summed E-state index contributed by atoms with van der Waals surface area (Å²) in [5, 5.41) is 3.28. The molecule has 2 saturated heterocycles. The maximum atomic E-state index is 11.0. The Balaban J connectivity index is 1.74. The second kappa shape index (κ2) is 5.26. The highest BCUT2D eigenvalue weighted by molar-refractivity contribution is 7.13. The average Bonchev–Trinajstić information content (AvgIpc) is 3.08. The van der Waals surface area contributed by atoms with E-state index >= 15 is 0 Å². The number of rotatable bonds is 3. The molecule has 1 amide bonds. The average molecular weight is 265 g/mol. The van der Waals surface area contributed by atoms with Gasteiger partial charge in [-0.25, -0.2) is 4.98 Å². The van der Waals surface area contributed by atoms with Gasteiger partial charge in [0.05, 0.1) is 11.7 Å². The Morgan fingerprint density at radius 2 is 2.06 bits per heavy atom. The lowest BCUT2D eigenvalue weighted by atomic mass is 10.1. The summed E-state index contributed by atoms with van der Waals surface area (Å²) in [6, 6.07) is 0.220. The number of likely N-dealkylation sites (tertiary alicyclic amines) is 1. The van der Waals surface area contributed by atoms with Crippen LogP contribution in [0.3, 0.4) is 0 Å². The molecule has 18 heavy (non-hydrogen) atoms. The molecule has 1 aromatic rings. The molecule has 3 heterocycles. The summed E-state index contributed by atoms with van der Waals surface area (Å²) in [5.74, 6) is 0. The molecule has 0 radical (unpaired) electrons.